The van der Waals surface area contributed by atoms with E-state index in [-0.39, 0.29) is 12.6 Å². The fraction of sp³-hybridized carbons (Fsp3) is 0.350. The van der Waals surface area contributed by atoms with Gasteiger partial charge in [-0.05, 0) is 41.2 Å². The van der Waals surface area contributed by atoms with E-state index in [2.05, 4.69) is 17.6 Å². The summed E-state index contributed by atoms with van der Waals surface area (Å²) in [7, 11) is 1.65. The summed E-state index contributed by atoms with van der Waals surface area (Å²) in [6.45, 7) is 3.07. The average molecular weight is 342 g/mol. The average Bonchev–Trinajstić information content (AvgIpc) is 2.65. The number of rotatable bonds is 8. The van der Waals surface area contributed by atoms with Crippen molar-refractivity contribution in [2.75, 3.05) is 13.7 Å². The number of benzene rings is 2. The molecular weight excluding hydrogens is 316 g/mol. The smallest absolute Gasteiger partial charge is 0.315 e. The number of amides is 2. The van der Waals surface area contributed by atoms with Crippen LogP contribution in [0.4, 0.5) is 4.79 Å². The molecule has 0 aliphatic rings. The van der Waals surface area contributed by atoms with E-state index in [1.165, 1.54) is 5.56 Å². The third kappa shape index (κ3) is 6.12. The normalized spacial score (nSPS) is 11.6. The third-order valence-corrected chi connectivity index (χ3v) is 4.08. The number of ether oxygens (including phenoxy) is 1. The zero-order chi connectivity index (χ0) is 18.1. The zero-order valence-corrected chi connectivity index (χ0v) is 14.8. The summed E-state index contributed by atoms with van der Waals surface area (Å²) in [5.41, 5.74) is 2.97. The van der Waals surface area contributed by atoms with Crippen LogP contribution in [0, 0.1) is 5.92 Å². The van der Waals surface area contributed by atoms with Crippen LogP contribution < -0.4 is 15.4 Å². The fourth-order valence-corrected chi connectivity index (χ4v) is 2.63. The fourth-order valence-electron chi connectivity index (χ4n) is 2.63. The van der Waals surface area contributed by atoms with Gasteiger partial charge in [-0.3, -0.25) is 0 Å². The summed E-state index contributed by atoms with van der Waals surface area (Å²) in [4.78, 5) is 12.0. The molecule has 5 heteroatoms. The van der Waals surface area contributed by atoms with Gasteiger partial charge in [-0.1, -0.05) is 43.3 Å². The van der Waals surface area contributed by atoms with Gasteiger partial charge < -0.3 is 20.5 Å². The summed E-state index contributed by atoms with van der Waals surface area (Å²) >= 11 is 0. The van der Waals surface area contributed by atoms with Crippen molar-refractivity contribution < 1.29 is 14.6 Å². The Hall–Kier alpha value is -2.53. The topological polar surface area (TPSA) is 70.6 Å². The van der Waals surface area contributed by atoms with E-state index in [4.69, 9.17) is 4.74 Å². The molecule has 2 rings (SSSR count). The SMILES string of the molecule is COc1ccc(CC(C)CNC(=O)NCc2ccccc2CO)cc1. The summed E-state index contributed by atoms with van der Waals surface area (Å²) in [6.07, 6.45) is 0.887. The van der Waals surface area contributed by atoms with E-state index in [0.29, 0.717) is 19.0 Å². The van der Waals surface area contributed by atoms with Crippen molar-refractivity contribution in [1.82, 2.24) is 10.6 Å². The Morgan fingerprint density at radius 1 is 1.08 bits per heavy atom. The highest BCUT2D eigenvalue weighted by molar-refractivity contribution is 5.73. The first-order valence-electron chi connectivity index (χ1n) is 8.44. The standard InChI is InChI=1S/C20H26N2O3/c1-15(11-16-7-9-19(25-2)10-8-16)12-21-20(24)22-13-17-5-3-4-6-18(17)14-23/h3-10,15,23H,11-14H2,1-2H3,(H2,21,22,24). The molecule has 25 heavy (non-hydrogen) atoms. The second-order valence-corrected chi connectivity index (χ2v) is 6.15. The maximum Gasteiger partial charge on any atom is 0.315 e. The zero-order valence-electron chi connectivity index (χ0n) is 14.8. The van der Waals surface area contributed by atoms with E-state index < -0.39 is 0 Å². The molecule has 1 atom stereocenters. The molecule has 0 heterocycles. The van der Waals surface area contributed by atoms with Gasteiger partial charge in [0.05, 0.1) is 13.7 Å². The minimum atomic E-state index is -0.200. The number of carbonyl (C=O) groups excluding carboxylic acids is 1. The van der Waals surface area contributed by atoms with Gasteiger partial charge in [-0.15, -0.1) is 0 Å². The van der Waals surface area contributed by atoms with Crippen molar-refractivity contribution in [2.24, 2.45) is 5.92 Å². The molecule has 0 aliphatic carbocycles. The number of carbonyl (C=O) groups is 1. The highest BCUT2D eigenvalue weighted by Crippen LogP contribution is 2.14. The quantitative estimate of drug-likeness (QED) is 0.691. The van der Waals surface area contributed by atoms with Crippen LogP contribution in [0.5, 0.6) is 5.75 Å². The minimum absolute atomic E-state index is 0.0294. The van der Waals surface area contributed by atoms with Crippen molar-refractivity contribution >= 4 is 6.03 Å². The summed E-state index contributed by atoms with van der Waals surface area (Å²) in [5.74, 6) is 1.17. The molecule has 2 aromatic rings. The van der Waals surface area contributed by atoms with E-state index in [9.17, 15) is 9.90 Å². The molecule has 134 valence electrons. The van der Waals surface area contributed by atoms with Crippen LogP contribution in [0.3, 0.4) is 0 Å². The van der Waals surface area contributed by atoms with Crippen molar-refractivity contribution in [3.8, 4) is 5.75 Å². The van der Waals surface area contributed by atoms with Gasteiger partial charge in [-0.25, -0.2) is 4.79 Å². The van der Waals surface area contributed by atoms with E-state index >= 15 is 0 Å². The Balaban J connectivity index is 1.73. The molecule has 0 bridgehead atoms. The lowest BCUT2D eigenvalue weighted by Crippen LogP contribution is -2.37. The van der Waals surface area contributed by atoms with Crippen molar-refractivity contribution in [3.05, 3.63) is 65.2 Å². The van der Waals surface area contributed by atoms with Crippen LogP contribution >= 0.6 is 0 Å². The molecule has 2 amide bonds. The summed E-state index contributed by atoms with van der Waals surface area (Å²) < 4.78 is 5.15. The molecule has 0 radical (unpaired) electrons. The first kappa shape index (κ1) is 18.8. The van der Waals surface area contributed by atoms with Gasteiger partial charge in [0.15, 0.2) is 0 Å². The van der Waals surface area contributed by atoms with Gasteiger partial charge in [0.25, 0.3) is 0 Å². The molecule has 0 fully saturated rings. The third-order valence-electron chi connectivity index (χ3n) is 4.08. The van der Waals surface area contributed by atoms with E-state index in [0.717, 1.165) is 23.3 Å². The Labute approximate surface area is 149 Å². The molecule has 0 aliphatic heterocycles. The van der Waals surface area contributed by atoms with Crippen molar-refractivity contribution in [2.45, 2.75) is 26.5 Å². The molecule has 0 saturated heterocycles. The maximum atomic E-state index is 12.0. The Morgan fingerprint density at radius 3 is 2.40 bits per heavy atom. The molecule has 2 aromatic carbocycles. The van der Waals surface area contributed by atoms with Crippen molar-refractivity contribution in [3.63, 3.8) is 0 Å². The largest absolute Gasteiger partial charge is 0.497 e. The molecule has 3 N–H and O–H groups in total. The molecular formula is C20H26N2O3. The first-order chi connectivity index (χ1) is 12.1. The molecule has 5 nitrogen and oxygen atoms in total. The highest BCUT2D eigenvalue weighted by atomic mass is 16.5. The van der Waals surface area contributed by atoms with Gasteiger partial charge in [0.2, 0.25) is 0 Å². The van der Waals surface area contributed by atoms with Gasteiger partial charge in [0.1, 0.15) is 5.75 Å². The van der Waals surface area contributed by atoms with Gasteiger partial charge >= 0.3 is 6.03 Å². The van der Waals surface area contributed by atoms with Crippen LogP contribution in [0.25, 0.3) is 0 Å². The van der Waals surface area contributed by atoms with Gasteiger partial charge in [-0.2, -0.15) is 0 Å². The Bertz CT molecular complexity index is 671. The molecule has 0 saturated carbocycles. The Morgan fingerprint density at radius 2 is 1.76 bits per heavy atom. The predicted octanol–water partition coefficient (Wildman–Crippen LogP) is 2.87. The van der Waals surface area contributed by atoms with Crippen molar-refractivity contribution in [1.29, 1.82) is 0 Å². The lowest BCUT2D eigenvalue weighted by Gasteiger charge is -2.14. The molecule has 0 aromatic heterocycles. The lowest BCUT2D eigenvalue weighted by atomic mass is 10.0. The number of aliphatic hydroxyl groups excluding tert-OH is 1. The summed E-state index contributed by atoms with van der Waals surface area (Å²) in [5, 5.41) is 15.0. The molecule has 0 spiro atoms. The minimum Gasteiger partial charge on any atom is -0.497 e. The number of urea groups is 1. The number of hydrogen-bond donors (Lipinski definition) is 3. The molecule has 1 unspecified atom stereocenters. The lowest BCUT2D eigenvalue weighted by molar-refractivity contribution is 0.238. The monoisotopic (exact) mass is 342 g/mol. The Kier molecular flexibility index (Phi) is 7.29. The number of aliphatic hydroxyl groups is 1. The van der Waals surface area contributed by atoms with Crippen LogP contribution in [-0.2, 0) is 19.6 Å². The van der Waals surface area contributed by atoms with Crippen LogP contribution in [0.15, 0.2) is 48.5 Å². The number of hydrogen-bond acceptors (Lipinski definition) is 3. The highest BCUT2D eigenvalue weighted by Gasteiger charge is 2.08. The van der Waals surface area contributed by atoms with Crippen LogP contribution in [-0.4, -0.2) is 24.8 Å². The number of methoxy groups -OCH3 is 1. The van der Waals surface area contributed by atoms with Crippen LogP contribution in [0.1, 0.15) is 23.6 Å². The number of nitrogens with one attached hydrogen (secondary N) is 2. The summed E-state index contributed by atoms with van der Waals surface area (Å²) in [6, 6.07) is 15.3. The van der Waals surface area contributed by atoms with Gasteiger partial charge in [0, 0.05) is 13.1 Å². The van der Waals surface area contributed by atoms with Crippen LogP contribution in [0.2, 0.25) is 0 Å². The first-order valence-corrected chi connectivity index (χ1v) is 8.44. The van der Waals surface area contributed by atoms with E-state index in [1.54, 1.807) is 7.11 Å². The second-order valence-electron chi connectivity index (χ2n) is 6.15. The second kappa shape index (κ2) is 9.69. The predicted molar refractivity (Wildman–Crippen MR) is 98.5 cm³/mol. The maximum absolute atomic E-state index is 12.0. The van der Waals surface area contributed by atoms with E-state index in [1.807, 2.05) is 48.5 Å².